The molecule has 134 valence electrons. The van der Waals surface area contributed by atoms with E-state index in [9.17, 15) is 19.8 Å². The van der Waals surface area contributed by atoms with Crippen LogP contribution in [0.15, 0.2) is 24.3 Å². The van der Waals surface area contributed by atoms with Gasteiger partial charge >= 0.3 is 5.97 Å². The highest BCUT2D eigenvalue weighted by molar-refractivity contribution is 5.97. The Morgan fingerprint density at radius 3 is 2.32 bits per heavy atom. The van der Waals surface area contributed by atoms with Gasteiger partial charge in [-0.1, -0.05) is 11.8 Å². The van der Waals surface area contributed by atoms with Crippen LogP contribution in [0, 0.1) is 11.8 Å². The maximum atomic E-state index is 12.7. The standard InChI is InChI=1S/C19H24N2O4/c1-19(2,25)10-9-13-5-7-14(8-6-13)17(22)21-12-15(20(3)4)11-16(21)18(23)24/h5-8,15-16,25H,11-12H2,1-4H3,(H,23,24)/t15-,16+/m1/s1. The van der Waals surface area contributed by atoms with Gasteiger partial charge in [0.25, 0.3) is 5.91 Å². The molecule has 6 heteroatoms. The summed E-state index contributed by atoms with van der Waals surface area (Å²) in [4.78, 5) is 27.6. The van der Waals surface area contributed by atoms with E-state index in [4.69, 9.17) is 0 Å². The topological polar surface area (TPSA) is 81.1 Å². The van der Waals surface area contributed by atoms with Crippen LogP contribution in [-0.4, -0.2) is 70.2 Å². The van der Waals surface area contributed by atoms with Crippen molar-refractivity contribution in [2.75, 3.05) is 20.6 Å². The van der Waals surface area contributed by atoms with E-state index in [1.54, 1.807) is 38.1 Å². The molecule has 1 saturated heterocycles. The Labute approximate surface area is 148 Å². The lowest BCUT2D eigenvalue weighted by molar-refractivity contribution is -0.141. The van der Waals surface area contributed by atoms with Crippen LogP contribution in [0.5, 0.6) is 0 Å². The van der Waals surface area contributed by atoms with Gasteiger partial charge in [0.1, 0.15) is 11.6 Å². The molecule has 1 aliphatic rings. The zero-order valence-corrected chi connectivity index (χ0v) is 15.0. The van der Waals surface area contributed by atoms with Gasteiger partial charge in [0.05, 0.1) is 0 Å². The summed E-state index contributed by atoms with van der Waals surface area (Å²) in [5.41, 5.74) is 0.0282. The summed E-state index contributed by atoms with van der Waals surface area (Å²) < 4.78 is 0. The minimum absolute atomic E-state index is 0.0296. The largest absolute Gasteiger partial charge is 0.480 e. The van der Waals surface area contributed by atoms with E-state index in [0.717, 1.165) is 0 Å². The van der Waals surface area contributed by atoms with Gasteiger partial charge in [-0.2, -0.15) is 0 Å². The van der Waals surface area contributed by atoms with Gasteiger partial charge in [0, 0.05) is 23.7 Å². The molecule has 0 saturated carbocycles. The van der Waals surface area contributed by atoms with Gasteiger partial charge in [0.2, 0.25) is 0 Å². The molecule has 1 aliphatic heterocycles. The summed E-state index contributed by atoms with van der Waals surface area (Å²) in [7, 11) is 3.77. The van der Waals surface area contributed by atoms with Crippen molar-refractivity contribution in [2.24, 2.45) is 0 Å². The number of carbonyl (C=O) groups excluding carboxylic acids is 1. The van der Waals surface area contributed by atoms with Crippen molar-refractivity contribution < 1.29 is 19.8 Å². The van der Waals surface area contributed by atoms with Crippen molar-refractivity contribution in [3.63, 3.8) is 0 Å². The molecule has 25 heavy (non-hydrogen) atoms. The monoisotopic (exact) mass is 344 g/mol. The van der Waals surface area contributed by atoms with Gasteiger partial charge in [-0.15, -0.1) is 0 Å². The highest BCUT2D eigenvalue weighted by atomic mass is 16.4. The number of rotatable bonds is 3. The van der Waals surface area contributed by atoms with E-state index in [0.29, 0.717) is 24.1 Å². The number of aliphatic carboxylic acids is 1. The quantitative estimate of drug-likeness (QED) is 0.801. The van der Waals surface area contributed by atoms with Crippen molar-refractivity contribution in [3.05, 3.63) is 35.4 Å². The van der Waals surface area contributed by atoms with E-state index >= 15 is 0 Å². The summed E-state index contributed by atoms with van der Waals surface area (Å²) in [6.45, 7) is 3.58. The Kier molecular flexibility index (Phi) is 5.51. The van der Waals surface area contributed by atoms with E-state index in [-0.39, 0.29) is 11.9 Å². The van der Waals surface area contributed by atoms with E-state index in [1.807, 2.05) is 19.0 Å². The van der Waals surface area contributed by atoms with Crippen LogP contribution in [0.1, 0.15) is 36.2 Å². The Balaban J connectivity index is 2.19. The average Bonchev–Trinajstić information content (AvgIpc) is 2.98. The number of carboxylic acid groups (broad SMARTS) is 1. The third-order valence-electron chi connectivity index (χ3n) is 4.20. The van der Waals surface area contributed by atoms with E-state index in [1.165, 1.54) is 4.90 Å². The molecule has 2 N–H and O–H groups in total. The summed E-state index contributed by atoms with van der Waals surface area (Å²) in [5.74, 6) is 4.28. The fraction of sp³-hybridized carbons (Fsp3) is 0.474. The van der Waals surface area contributed by atoms with Crippen molar-refractivity contribution in [1.82, 2.24) is 9.80 Å². The molecule has 0 spiro atoms. The maximum absolute atomic E-state index is 12.7. The van der Waals surface area contributed by atoms with Gasteiger partial charge in [-0.05, 0) is 58.6 Å². The van der Waals surface area contributed by atoms with Crippen molar-refractivity contribution >= 4 is 11.9 Å². The molecule has 1 fully saturated rings. The highest BCUT2D eigenvalue weighted by Crippen LogP contribution is 2.23. The number of likely N-dealkylation sites (N-methyl/N-ethyl adjacent to an activating group) is 1. The summed E-state index contributed by atoms with van der Waals surface area (Å²) in [6, 6.07) is 5.89. The number of amides is 1. The van der Waals surface area contributed by atoms with E-state index in [2.05, 4.69) is 11.8 Å². The number of benzene rings is 1. The third-order valence-corrected chi connectivity index (χ3v) is 4.20. The van der Waals surface area contributed by atoms with Gasteiger partial charge < -0.3 is 20.0 Å². The molecule has 2 atom stereocenters. The van der Waals surface area contributed by atoms with Crippen LogP contribution in [-0.2, 0) is 4.79 Å². The predicted molar refractivity (Wildman–Crippen MR) is 94.2 cm³/mol. The fourth-order valence-electron chi connectivity index (χ4n) is 2.73. The molecular weight excluding hydrogens is 320 g/mol. The minimum atomic E-state index is -1.08. The van der Waals surface area contributed by atoms with Crippen LogP contribution in [0.3, 0.4) is 0 Å². The first kappa shape index (κ1) is 19.0. The van der Waals surface area contributed by atoms with Gasteiger partial charge in [0.15, 0.2) is 0 Å². The number of nitrogens with zero attached hydrogens (tertiary/aromatic N) is 2. The number of carbonyl (C=O) groups is 2. The molecule has 1 aromatic rings. The molecule has 0 bridgehead atoms. The fourth-order valence-corrected chi connectivity index (χ4v) is 2.73. The minimum Gasteiger partial charge on any atom is -0.480 e. The van der Waals surface area contributed by atoms with Crippen LogP contribution >= 0.6 is 0 Å². The van der Waals surface area contributed by atoms with Crippen molar-refractivity contribution in [2.45, 2.75) is 38.0 Å². The molecule has 0 aromatic heterocycles. The molecule has 1 heterocycles. The van der Waals surface area contributed by atoms with Crippen LogP contribution in [0.4, 0.5) is 0 Å². The maximum Gasteiger partial charge on any atom is 0.326 e. The lowest BCUT2D eigenvalue weighted by Gasteiger charge is -2.22. The zero-order valence-electron chi connectivity index (χ0n) is 15.0. The number of hydrogen-bond acceptors (Lipinski definition) is 4. The SMILES string of the molecule is CN(C)[C@@H]1C[C@@H](C(=O)O)N(C(=O)c2ccc(C#CC(C)(C)O)cc2)C1. The second-order valence-corrected chi connectivity index (χ2v) is 7.05. The Hall–Kier alpha value is -2.36. The molecule has 0 aliphatic carbocycles. The number of likely N-dealkylation sites (tertiary alicyclic amines) is 1. The molecule has 1 amide bonds. The summed E-state index contributed by atoms with van der Waals surface area (Å²) in [6.07, 6.45) is 0.420. The first-order valence-electron chi connectivity index (χ1n) is 8.14. The van der Waals surface area contributed by atoms with Crippen molar-refractivity contribution in [1.29, 1.82) is 0 Å². The molecule has 6 nitrogen and oxygen atoms in total. The van der Waals surface area contributed by atoms with Crippen LogP contribution < -0.4 is 0 Å². The molecule has 2 rings (SSSR count). The van der Waals surface area contributed by atoms with E-state index < -0.39 is 17.6 Å². The zero-order chi connectivity index (χ0) is 18.8. The Bertz CT molecular complexity index is 708. The van der Waals surface area contributed by atoms with Crippen molar-refractivity contribution in [3.8, 4) is 11.8 Å². The Morgan fingerprint density at radius 1 is 1.24 bits per heavy atom. The molecular formula is C19H24N2O4. The summed E-state index contributed by atoms with van der Waals surface area (Å²) >= 11 is 0. The average molecular weight is 344 g/mol. The number of hydrogen-bond donors (Lipinski definition) is 2. The smallest absolute Gasteiger partial charge is 0.326 e. The lowest BCUT2D eigenvalue weighted by Crippen LogP contribution is -2.41. The first-order chi connectivity index (χ1) is 11.6. The molecule has 0 unspecified atom stereocenters. The second kappa shape index (κ2) is 7.26. The summed E-state index contributed by atoms with van der Waals surface area (Å²) in [5, 5.41) is 19.0. The Morgan fingerprint density at radius 2 is 1.84 bits per heavy atom. The number of carboxylic acids is 1. The highest BCUT2D eigenvalue weighted by Gasteiger charge is 2.40. The molecule has 1 aromatic carbocycles. The first-order valence-corrected chi connectivity index (χ1v) is 8.14. The van der Waals surface area contributed by atoms with Crippen LogP contribution in [0.2, 0.25) is 0 Å². The van der Waals surface area contributed by atoms with Gasteiger partial charge in [-0.25, -0.2) is 4.79 Å². The predicted octanol–water partition coefficient (Wildman–Crippen LogP) is 1.04. The van der Waals surface area contributed by atoms with Gasteiger partial charge in [-0.3, -0.25) is 4.79 Å². The molecule has 0 radical (unpaired) electrons. The second-order valence-electron chi connectivity index (χ2n) is 7.05. The number of aliphatic hydroxyl groups is 1. The lowest BCUT2D eigenvalue weighted by atomic mass is 10.1. The third kappa shape index (κ3) is 4.81. The van der Waals surface area contributed by atoms with Crippen LogP contribution in [0.25, 0.3) is 0 Å². The normalized spacial score (nSPS) is 20.3.